The predicted octanol–water partition coefficient (Wildman–Crippen LogP) is 1.96. The van der Waals surface area contributed by atoms with E-state index in [0.717, 1.165) is 32.1 Å². The van der Waals surface area contributed by atoms with Gasteiger partial charge in [-0.05, 0) is 32.1 Å². The van der Waals surface area contributed by atoms with Gasteiger partial charge in [0.1, 0.15) is 23.2 Å². The van der Waals surface area contributed by atoms with Gasteiger partial charge in [-0.1, -0.05) is 50.5 Å². The van der Waals surface area contributed by atoms with Gasteiger partial charge in [0.05, 0.1) is 19.1 Å². The van der Waals surface area contributed by atoms with Crippen LogP contribution in [0.2, 0.25) is 0 Å². The Bertz CT molecular complexity index is 896. The number of ether oxygens (including phenoxy) is 2. The number of β-amino-alcohol motifs (C(OH)–C–C–N with tert-alkyl or cyclic N) is 1. The molecule has 1 aliphatic carbocycles. The second kappa shape index (κ2) is 9.11. The first-order valence-corrected chi connectivity index (χ1v) is 12.9. The number of rotatable bonds is 4. The summed E-state index contributed by atoms with van der Waals surface area (Å²) >= 11 is 0. The molecule has 186 valence electrons. The standard InChI is InChI=1S/C26H36N2O6/c1-2-25-12-7-4-8-17-33-24(32)20(25)19-22(30)28(15-16-29)21-23(31)27(18-10-5-3-6-11-18)14-9-13-26(19,21)34-25/h7,9,12-13,18-21,29H,2-6,8,10-11,14-17H2,1H3/b12-7-/t19-,20-,21?,25+,26-/m0/s1. The molecule has 0 aromatic heterocycles. The van der Waals surface area contributed by atoms with Gasteiger partial charge in [-0.25, -0.2) is 0 Å². The number of carbonyl (C=O) groups is 3. The molecule has 34 heavy (non-hydrogen) atoms. The molecular formula is C26H36N2O6. The van der Waals surface area contributed by atoms with Crippen molar-refractivity contribution >= 4 is 17.8 Å². The maximum Gasteiger partial charge on any atom is 0.313 e. The Labute approximate surface area is 200 Å². The maximum absolute atomic E-state index is 14.2. The third kappa shape index (κ3) is 3.44. The van der Waals surface area contributed by atoms with E-state index in [9.17, 15) is 19.5 Å². The van der Waals surface area contributed by atoms with Crippen LogP contribution in [0.15, 0.2) is 24.3 Å². The lowest BCUT2D eigenvalue weighted by Crippen LogP contribution is -2.58. The monoisotopic (exact) mass is 472 g/mol. The second-order valence-electron chi connectivity index (χ2n) is 10.3. The first kappa shape index (κ1) is 23.5. The fourth-order valence-corrected chi connectivity index (χ4v) is 6.96. The van der Waals surface area contributed by atoms with Crippen molar-refractivity contribution < 1.29 is 29.0 Å². The molecule has 8 heteroatoms. The lowest BCUT2D eigenvalue weighted by atomic mass is 9.73. The number of cyclic esters (lactones) is 1. The largest absolute Gasteiger partial charge is 0.465 e. The number of hydrogen-bond donors (Lipinski definition) is 1. The number of allylic oxidation sites excluding steroid dienone is 1. The van der Waals surface area contributed by atoms with E-state index in [0.29, 0.717) is 26.0 Å². The van der Waals surface area contributed by atoms with Crippen molar-refractivity contribution in [3.05, 3.63) is 24.3 Å². The smallest absolute Gasteiger partial charge is 0.313 e. The van der Waals surface area contributed by atoms with Crippen LogP contribution < -0.4 is 0 Å². The lowest BCUT2D eigenvalue weighted by Gasteiger charge is -2.40. The fraction of sp³-hybridized carbons (Fsp3) is 0.731. The molecule has 0 bridgehead atoms. The average molecular weight is 473 g/mol. The van der Waals surface area contributed by atoms with Gasteiger partial charge < -0.3 is 24.4 Å². The highest BCUT2D eigenvalue weighted by molar-refractivity contribution is 5.99. The topological polar surface area (TPSA) is 96.4 Å². The summed E-state index contributed by atoms with van der Waals surface area (Å²) < 4.78 is 12.5. The summed E-state index contributed by atoms with van der Waals surface area (Å²) in [4.78, 5) is 44.8. The Balaban J connectivity index is 1.62. The SMILES string of the molecule is CC[C@@]12/C=C\CCCOC(=O)[C@@H]1[C@H]1C(=O)N(CCO)C3C(=O)N(C4CCCCC4)CC=C[C@@]31O2. The summed E-state index contributed by atoms with van der Waals surface area (Å²) in [5.41, 5.74) is -2.29. The van der Waals surface area contributed by atoms with E-state index in [1.807, 2.05) is 36.1 Å². The highest BCUT2D eigenvalue weighted by atomic mass is 16.6. The summed E-state index contributed by atoms with van der Waals surface area (Å²) in [7, 11) is 0. The predicted molar refractivity (Wildman–Crippen MR) is 123 cm³/mol. The third-order valence-electron chi connectivity index (χ3n) is 8.52. The molecule has 1 saturated carbocycles. The molecule has 4 aliphatic heterocycles. The highest BCUT2D eigenvalue weighted by Gasteiger charge is 2.75. The number of carbonyl (C=O) groups excluding carboxylic acids is 3. The number of nitrogens with zero attached hydrogens (tertiary/aromatic N) is 2. The zero-order valence-electron chi connectivity index (χ0n) is 20.0. The Morgan fingerprint density at radius 2 is 1.82 bits per heavy atom. The van der Waals surface area contributed by atoms with Crippen LogP contribution in [0, 0.1) is 11.8 Å². The van der Waals surface area contributed by atoms with Crippen LogP contribution in [0.4, 0.5) is 0 Å². The molecule has 2 amide bonds. The number of fused-ring (bicyclic) bond motifs is 2. The van der Waals surface area contributed by atoms with Crippen LogP contribution in [0.3, 0.4) is 0 Å². The second-order valence-corrected chi connectivity index (χ2v) is 10.3. The van der Waals surface area contributed by atoms with Gasteiger partial charge in [0.2, 0.25) is 11.8 Å². The van der Waals surface area contributed by atoms with Crippen LogP contribution in [-0.2, 0) is 23.9 Å². The molecule has 1 N–H and O–H groups in total. The van der Waals surface area contributed by atoms with Crippen LogP contribution in [0.5, 0.6) is 0 Å². The van der Waals surface area contributed by atoms with Gasteiger partial charge in [-0.3, -0.25) is 14.4 Å². The molecule has 3 fully saturated rings. The van der Waals surface area contributed by atoms with E-state index >= 15 is 0 Å². The van der Waals surface area contributed by atoms with Gasteiger partial charge >= 0.3 is 5.97 Å². The normalized spacial score (nSPS) is 39.5. The van der Waals surface area contributed by atoms with Crippen LogP contribution in [-0.4, -0.2) is 82.3 Å². The van der Waals surface area contributed by atoms with E-state index in [1.165, 1.54) is 11.3 Å². The Hall–Kier alpha value is -2.19. The molecule has 5 atom stereocenters. The zero-order valence-corrected chi connectivity index (χ0v) is 20.0. The molecule has 8 nitrogen and oxygen atoms in total. The lowest BCUT2D eigenvalue weighted by molar-refractivity contribution is -0.161. The van der Waals surface area contributed by atoms with Gasteiger partial charge in [0, 0.05) is 19.1 Å². The quantitative estimate of drug-likeness (QED) is 0.496. The number of likely N-dealkylation sites (tertiary alicyclic amines) is 1. The molecule has 4 heterocycles. The summed E-state index contributed by atoms with van der Waals surface area (Å²) in [5, 5.41) is 9.79. The van der Waals surface area contributed by atoms with Gasteiger partial charge in [-0.2, -0.15) is 0 Å². The van der Waals surface area contributed by atoms with Crippen molar-refractivity contribution in [2.45, 2.75) is 81.6 Å². The highest BCUT2D eigenvalue weighted by Crippen LogP contribution is 2.58. The van der Waals surface area contributed by atoms with E-state index in [-0.39, 0.29) is 31.0 Å². The van der Waals surface area contributed by atoms with E-state index in [2.05, 4.69) is 0 Å². The van der Waals surface area contributed by atoms with Crippen molar-refractivity contribution in [3.63, 3.8) is 0 Å². The van der Waals surface area contributed by atoms with Crippen molar-refractivity contribution in [1.29, 1.82) is 0 Å². The number of hydrogen-bond acceptors (Lipinski definition) is 6. The first-order chi connectivity index (χ1) is 16.5. The van der Waals surface area contributed by atoms with E-state index in [1.54, 1.807) is 0 Å². The summed E-state index contributed by atoms with van der Waals surface area (Å²) in [6.07, 6.45) is 15.0. The van der Waals surface area contributed by atoms with Crippen molar-refractivity contribution in [3.8, 4) is 0 Å². The molecule has 0 aromatic carbocycles. The Kier molecular flexibility index (Phi) is 6.31. The molecule has 0 radical (unpaired) electrons. The summed E-state index contributed by atoms with van der Waals surface area (Å²) in [6, 6.07) is -0.771. The van der Waals surface area contributed by atoms with E-state index < -0.39 is 35.0 Å². The number of aliphatic hydroxyl groups is 1. The van der Waals surface area contributed by atoms with Crippen molar-refractivity contribution in [2.24, 2.45) is 11.8 Å². The van der Waals surface area contributed by atoms with Crippen LogP contribution >= 0.6 is 0 Å². The molecular weight excluding hydrogens is 436 g/mol. The van der Waals surface area contributed by atoms with Gasteiger partial charge in [0.15, 0.2) is 0 Å². The molecule has 1 spiro atoms. The molecule has 1 unspecified atom stereocenters. The number of esters is 1. The first-order valence-electron chi connectivity index (χ1n) is 12.9. The third-order valence-corrected chi connectivity index (χ3v) is 8.52. The zero-order chi connectivity index (χ0) is 23.9. The number of amides is 2. The summed E-state index contributed by atoms with van der Waals surface area (Å²) in [6.45, 7) is 2.46. The van der Waals surface area contributed by atoms with E-state index in [4.69, 9.17) is 9.47 Å². The molecule has 5 rings (SSSR count). The van der Waals surface area contributed by atoms with Gasteiger partial charge in [0.25, 0.3) is 0 Å². The molecule has 5 aliphatic rings. The van der Waals surface area contributed by atoms with Gasteiger partial charge in [-0.15, -0.1) is 0 Å². The fourth-order valence-electron chi connectivity index (χ4n) is 6.96. The summed E-state index contributed by atoms with van der Waals surface area (Å²) in [5.74, 6) is -2.61. The minimum atomic E-state index is -1.27. The average Bonchev–Trinajstić information content (AvgIpc) is 3.21. The van der Waals surface area contributed by atoms with Crippen LogP contribution in [0.1, 0.15) is 58.3 Å². The minimum absolute atomic E-state index is 0.0277. The molecule has 2 saturated heterocycles. The Morgan fingerprint density at radius 1 is 1.03 bits per heavy atom. The van der Waals surface area contributed by atoms with Crippen molar-refractivity contribution in [1.82, 2.24) is 9.80 Å². The minimum Gasteiger partial charge on any atom is -0.465 e. The van der Waals surface area contributed by atoms with Crippen LogP contribution in [0.25, 0.3) is 0 Å². The van der Waals surface area contributed by atoms with Crippen molar-refractivity contribution in [2.75, 3.05) is 26.3 Å². The molecule has 0 aromatic rings. The number of aliphatic hydroxyl groups excluding tert-OH is 1. The Morgan fingerprint density at radius 3 is 2.56 bits per heavy atom. The maximum atomic E-state index is 14.2.